The quantitative estimate of drug-likeness (QED) is 0.702. The number of piperidine rings is 1. The summed E-state index contributed by atoms with van der Waals surface area (Å²) in [5.74, 6) is 0.888. The second kappa shape index (κ2) is 6.39. The molecule has 2 aromatic heterocycles. The summed E-state index contributed by atoms with van der Waals surface area (Å²) in [6.07, 6.45) is -2.59. The van der Waals surface area contributed by atoms with Gasteiger partial charge in [-0.25, -0.2) is 9.97 Å². The molecule has 1 aliphatic heterocycles. The minimum Gasteiger partial charge on any atom is -0.356 e. The van der Waals surface area contributed by atoms with E-state index in [1.807, 2.05) is 19.1 Å². The van der Waals surface area contributed by atoms with Crippen LogP contribution in [-0.4, -0.2) is 23.1 Å². The van der Waals surface area contributed by atoms with Crippen LogP contribution >= 0.6 is 27.3 Å². The molecule has 2 aromatic rings. The van der Waals surface area contributed by atoms with Crippen LogP contribution in [0.25, 0.3) is 0 Å². The van der Waals surface area contributed by atoms with E-state index >= 15 is 0 Å². The zero-order valence-electron chi connectivity index (χ0n) is 12.4. The van der Waals surface area contributed by atoms with Gasteiger partial charge in [-0.2, -0.15) is 13.2 Å². The summed E-state index contributed by atoms with van der Waals surface area (Å²) in [7, 11) is 0. The van der Waals surface area contributed by atoms with Crippen molar-refractivity contribution in [3.05, 3.63) is 38.4 Å². The van der Waals surface area contributed by atoms with Crippen LogP contribution in [0.5, 0.6) is 0 Å². The van der Waals surface area contributed by atoms with Crippen LogP contribution < -0.4 is 4.90 Å². The molecule has 1 atom stereocenters. The molecule has 0 aromatic carbocycles. The monoisotopic (exact) mass is 405 g/mol. The fourth-order valence-corrected chi connectivity index (χ4v) is 3.87. The minimum atomic E-state index is -4.37. The summed E-state index contributed by atoms with van der Waals surface area (Å²) < 4.78 is 39.1. The van der Waals surface area contributed by atoms with Crippen molar-refractivity contribution in [2.45, 2.75) is 31.9 Å². The number of aromatic nitrogens is 2. The van der Waals surface area contributed by atoms with Crippen molar-refractivity contribution in [3.63, 3.8) is 0 Å². The van der Waals surface area contributed by atoms with Gasteiger partial charge in [0.05, 0.1) is 10.7 Å². The number of pyridine rings is 1. The molecule has 1 saturated heterocycles. The summed E-state index contributed by atoms with van der Waals surface area (Å²) in [4.78, 5) is 10.5. The maximum absolute atomic E-state index is 12.7. The Labute approximate surface area is 144 Å². The molecule has 124 valence electrons. The van der Waals surface area contributed by atoms with Crippen LogP contribution in [0.2, 0.25) is 0 Å². The third-order valence-corrected chi connectivity index (χ3v) is 5.76. The third-order valence-electron chi connectivity index (χ3n) is 3.91. The molecule has 1 aliphatic rings. The van der Waals surface area contributed by atoms with Crippen molar-refractivity contribution in [1.29, 1.82) is 0 Å². The largest absolute Gasteiger partial charge is 0.434 e. The first-order chi connectivity index (χ1) is 10.8. The van der Waals surface area contributed by atoms with Gasteiger partial charge in [-0.1, -0.05) is 0 Å². The lowest BCUT2D eigenvalue weighted by Crippen LogP contribution is -2.35. The highest BCUT2D eigenvalue weighted by atomic mass is 79.9. The molecule has 0 amide bonds. The van der Waals surface area contributed by atoms with E-state index < -0.39 is 11.9 Å². The van der Waals surface area contributed by atoms with Gasteiger partial charge in [0.15, 0.2) is 5.69 Å². The molecule has 0 N–H and O–H groups in total. The van der Waals surface area contributed by atoms with Crippen LogP contribution in [-0.2, 0) is 6.18 Å². The predicted octanol–water partition coefficient (Wildman–Crippen LogP) is 5.01. The number of aryl methyl sites for hydroxylation is 1. The second-order valence-corrected chi connectivity index (χ2v) is 7.33. The Morgan fingerprint density at radius 3 is 2.74 bits per heavy atom. The second-order valence-electron chi connectivity index (χ2n) is 5.59. The van der Waals surface area contributed by atoms with Crippen molar-refractivity contribution < 1.29 is 13.2 Å². The maximum atomic E-state index is 12.7. The van der Waals surface area contributed by atoms with E-state index in [0.29, 0.717) is 11.6 Å². The fraction of sp³-hybridized carbons (Fsp3) is 0.467. The topological polar surface area (TPSA) is 29.0 Å². The first-order valence-corrected chi connectivity index (χ1v) is 8.92. The van der Waals surface area contributed by atoms with Crippen LogP contribution in [0.3, 0.4) is 0 Å². The van der Waals surface area contributed by atoms with E-state index in [4.69, 9.17) is 0 Å². The Morgan fingerprint density at radius 1 is 1.30 bits per heavy atom. The number of anilines is 1. The first kappa shape index (κ1) is 16.7. The van der Waals surface area contributed by atoms with Crippen LogP contribution in [0.1, 0.15) is 35.2 Å². The predicted molar refractivity (Wildman–Crippen MR) is 88.0 cm³/mol. The average molecular weight is 406 g/mol. The van der Waals surface area contributed by atoms with Gasteiger partial charge in [-0.15, -0.1) is 11.3 Å². The summed E-state index contributed by atoms with van der Waals surface area (Å²) in [6.45, 7) is 3.44. The summed E-state index contributed by atoms with van der Waals surface area (Å²) in [5.41, 5.74) is 0.116. The smallest absolute Gasteiger partial charge is 0.356 e. The highest BCUT2D eigenvalue weighted by Crippen LogP contribution is 2.35. The SMILES string of the molecule is Cc1nc(N2CCCC(c3nc(C(F)(F)F)cs3)C2)ccc1Br. The number of thiazole rings is 1. The zero-order valence-corrected chi connectivity index (χ0v) is 14.8. The van der Waals surface area contributed by atoms with Gasteiger partial charge >= 0.3 is 6.18 Å². The minimum absolute atomic E-state index is 0.0237. The molecular formula is C15H15BrF3N3S. The van der Waals surface area contributed by atoms with Crippen molar-refractivity contribution in [3.8, 4) is 0 Å². The van der Waals surface area contributed by atoms with Crippen molar-refractivity contribution in [1.82, 2.24) is 9.97 Å². The van der Waals surface area contributed by atoms with Gasteiger partial charge in [0.1, 0.15) is 5.82 Å². The van der Waals surface area contributed by atoms with Gasteiger partial charge in [-0.05, 0) is 47.8 Å². The van der Waals surface area contributed by atoms with Crippen molar-refractivity contribution in [2.24, 2.45) is 0 Å². The maximum Gasteiger partial charge on any atom is 0.434 e. The van der Waals surface area contributed by atoms with Crippen LogP contribution in [0.15, 0.2) is 22.0 Å². The van der Waals surface area contributed by atoms with Crippen LogP contribution in [0.4, 0.5) is 19.0 Å². The number of hydrogen-bond donors (Lipinski definition) is 0. The van der Waals surface area contributed by atoms with E-state index in [2.05, 4.69) is 30.8 Å². The van der Waals surface area contributed by atoms with Crippen molar-refractivity contribution in [2.75, 3.05) is 18.0 Å². The normalized spacial score (nSPS) is 19.2. The summed E-state index contributed by atoms with van der Waals surface area (Å²) >= 11 is 4.53. The molecule has 3 rings (SSSR count). The lowest BCUT2D eigenvalue weighted by Gasteiger charge is -2.33. The van der Waals surface area contributed by atoms with E-state index in [0.717, 1.165) is 52.1 Å². The molecule has 3 nitrogen and oxygen atoms in total. The molecule has 23 heavy (non-hydrogen) atoms. The highest BCUT2D eigenvalue weighted by molar-refractivity contribution is 9.10. The highest BCUT2D eigenvalue weighted by Gasteiger charge is 2.35. The van der Waals surface area contributed by atoms with Gasteiger partial charge in [0.25, 0.3) is 0 Å². The molecule has 1 unspecified atom stereocenters. The standard InChI is InChI=1S/C15H15BrF3N3S/c1-9-11(16)4-5-13(20-9)22-6-2-3-10(7-22)14-21-12(8-23-14)15(17,18)19/h4-5,8,10H,2-3,6-7H2,1H3. The molecular weight excluding hydrogens is 391 g/mol. The number of halogens is 4. The molecule has 3 heterocycles. The molecule has 0 saturated carbocycles. The van der Waals surface area contributed by atoms with Gasteiger partial charge in [-0.3, -0.25) is 0 Å². The van der Waals surface area contributed by atoms with Gasteiger partial charge < -0.3 is 4.90 Å². The molecule has 0 spiro atoms. The Bertz CT molecular complexity index is 702. The lowest BCUT2D eigenvalue weighted by atomic mass is 9.98. The van der Waals surface area contributed by atoms with E-state index in [9.17, 15) is 13.2 Å². The third kappa shape index (κ3) is 3.68. The first-order valence-electron chi connectivity index (χ1n) is 7.25. The Kier molecular flexibility index (Phi) is 4.64. The molecule has 0 aliphatic carbocycles. The molecule has 8 heteroatoms. The van der Waals surface area contributed by atoms with E-state index in [1.165, 1.54) is 0 Å². The lowest BCUT2D eigenvalue weighted by molar-refractivity contribution is -0.140. The zero-order chi connectivity index (χ0) is 16.6. The summed E-state index contributed by atoms with van der Waals surface area (Å²) in [6, 6.07) is 3.88. The number of alkyl halides is 3. The molecule has 0 bridgehead atoms. The Morgan fingerprint density at radius 2 is 2.09 bits per heavy atom. The number of nitrogens with zero attached hydrogens (tertiary/aromatic N) is 3. The van der Waals surface area contributed by atoms with Gasteiger partial charge in [0, 0.05) is 28.9 Å². The Hall–Kier alpha value is -1.15. The van der Waals surface area contributed by atoms with Crippen LogP contribution in [0, 0.1) is 6.92 Å². The number of rotatable bonds is 2. The Balaban J connectivity index is 1.78. The summed E-state index contributed by atoms with van der Waals surface area (Å²) in [5, 5.41) is 1.67. The van der Waals surface area contributed by atoms with E-state index in [-0.39, 0.29) is 5.92 Å². The van der Waals surface area contributed by atoms with Gasteiger partial charge in [0.2, 0.25) is 0 Å². The fourth-order valence-electron chi connectivity index (χ4n) is 2.70. The number of hydrogen-bond acceptors (Lipinski definition) is 4. The molecule has 1 fully saturated rings. The van der Waals surface area contributed by atoms with Crippen molar-refractivity contribution >= 4 is 33.1 Å². The van der Waals surface area contributed by atoms with E-state index in [1.54, 1.807) is 0 Å². The molecule has 0 radical (unpaired) electrons. The average Bonchev–Trinajstić information content (AvgIpc) is 3.00.